The molecule has 14 heteroatoms. The summed E-state index contributed by atoms with van der Waals surface area (Å²) in [5, 5.41) is 18.4. The summed E-state index contributed by atoms with van der Waals surface area (Å²) in [4.78, 5) is 50.8. The van der Waals surface area contributed by atoms with Crippen LogP contribution in [0.25, 0.3) is 0 Å². The number of carbonyl (C=O) groups excluding carboxylic acids is 2. The average Bonchev–Trinajstić information content (AvgIpc) is 3.59. The van der Waals surface area contributed by atoms with Crippen molar-refractivity contribution in [1.29, 1.82) is 0 Å². The highest BCUT2D eigenvalue weighted by molar-refractivity contribution is 6.33. The second kappa shape index (κ2) is 14.4. The van der Waals surface area contributed by atoms with Gasteiger partial charge in [0.15, 0.2) is 28.8 Å². The predicted octanol–water partition coefficient (Wildman–Crippen LogP) is 4.81. The standard InChI is InChI=1S/C32H38ClFN2O10/c1-16(31(39)40)9-24(37)35-13-19-11-22(43-4)23(12-20(19)14-35)45-7-6-8-46-30-28(34)26-18(3)36(25(38)10-17(2)32(41)42)15-21(26)27(33)29(30)44-5/h11-12,16-18H,6-10,13-15H2,1-5H3,(H,39,40)(H,41,42). The predicted molar refractivity (Wildman–Crippen MR) is 163 cm³/mol. The summed E-state index contributed by atoms with van der Waals surface area (Å²) >= 11 is 6.60. The number of ether oxygens (including phenoxy) is 4. The molecule has 3 atom stereocenters. The Bertz CT molecular complexity index is 1530. The third kappa shape index (κ3) is 7.09. The quantitative estimate of drug-likeness (QED) is 0.269. The van der Waals surface area contributed by atoms with Gasteiger partial charge < -0.3 is 39.0 Å². The molecule has 2 aromatic carbocycles. The molecular formula is C32H38ClFN2O10. The number of nitrogens with zero attached hydrogens (tertiary/aromatic N) is 2. The first kappa shape index (κ1) is 34.6. The van der Waals surface area contributed by atoms with Crippen LogP contribution in [0.3, 0.4) is 0 Å². The Morgan fingerprint density at radius 2 is 1.46 bits per heavy atom. The SMILES string of the molecule is COc1cc2c(cc1OCCCOc1c(F)c3c(c(Cl)c1OC)CN(C(=O)CC(C)C(=O)O)C3C)CN(C(=O)CC(C)C(=O)O)C2. The number of hydrogen-bond acceptors (Lipinski definition) is 8. The van der Waals surface area contributed by atoms with E-state index in [-0.39, 0.29) is 60.6 Å². The van der Waals surface area contributed by atoms with Crippen LogP contribution in [0.5, 0.6) is 23.0 Å². The molecule has 250 valence electrons. The smallest absolute Gasteiger partial charge is 0.306 e. The number of hydrogen-bond donors (Lipinski definition) is 2. The first-order valence-electron chi connectivity index (χ1n) is 14.8. The summed E-state index contributed by atoms with van der Waals surface area (Å²) < 4.78 is 38.5. The van der Waals surface area contributed by atoms with Gasteiger partial charge in [0.25, 0.3) is 0 Å². The number of carbonyl (C=O) groups is 4. The Morgan fingerprint density at radius 1 is 0.891 bits per heavy atom. The number of rotatable bonds is 14. The van der Waals surface area contributed by atoms with Gasteiger partial charge in [-0.2, -0.15) is 0 Å². The first-order valence-corrected chi connectivity index (χ1v) is 15.2. The van der Waals surface area contributed by atoms with E-state index in [9.17, 15) is 24.3 Å². The molecule has 0 radical (unpaired) electrons. The highest BCUT2D eigenvalue weighted by Crippen LogP contribution is 2.49. The Hall–Kier alpha value is -4.26. The van der Waals surface area contributed by atoms with Gasteiger partial charge in [0.2, 0.25) is 11.8 Å². The lowest BCUT2D eigenvalue weighted by molar-refractivity contribution is -0.146. The summed E-state index contributed by atoms with van der Waals surface area (Å²) in [6, 6.07) is 2.88. The number of benzene rings is 2. The van der Waals surface area contributed by atoms with Gasteiger partial charge in [-0.25, -0.2) is 4.39 Å². The Kier molecular flexibility index (Phi) is 10.9. The van der Waals surface area contributed by atoms with Crippen LogP contribution in [0.4, 0.5) is 4.39 Å². The highest BCUT2D eigenvalue weighted by Gasteiger charge is 2.39. The zero-order chi connectivity index (χ0) is 33.9. The van der Waals surface area contributed by atoms with Gasteiger partial charge >= 0.3 is 11.9 Å². The minimum atomic E-state index is -1.10. The van der Waals surface area contributed by atoms with Crippen molar-refractivity contribution in [2.45, 2.75) is 65.7 Å². The van der Waals surface area contributed by atoms with E-state index >= 15 is 4.39 Å². The molecule has 0 spiro atoms. The van der Waals surface area contributed by atoms with E-state index in [1.165, 1.54) is 33.0 Å². The largest absolute Gasteiger partial charge is 0.493 e. The number of amides is 2. The normalized spacial score (nSPS) is 16.4. The van der Waals surface area contributed by atoms with Crippen LogP contribution in [0, 0.1) is 17.7 Å². The van der Waals surface area contributed by atoms with Gasteiger partial charge in [0, 0.05) is 50.0 Å². The van der Waals surface area contributed by atoms with Crippen LogP contribution >= 0.6 is 11.6 Å². The number of fused-ring (bicyclic) bond motifs is 2. The molecule has 0 aliphatic carbocycles. The van der Waals surface area contributed by atoms with E-state index in [2.05, 4.69) is 0 Å². The van der Waals surface area contributed by atoms with Crippen LogP contribution in [-0.2, 0) is 38.8 Å². The highest BCUT2D eigenvalue weighted by atomic mass is 35.5. The molecule has 2 aliphatic heterocycles. The van der Waals surface area contributed by atoms with Crippen molar-refractivity contribution in [1.82, 2.24) is 9.80 Å². The van der Waals surface area contributed by atoms with Crippen molar-refractivity contribution in [2.75, 3.05) is 27.4 Å². The molecule has 2 aliphatic rings. The summed E-state index contributed by atoms with van der Waals surface area (Å²) in [6.45, 7) is 5.46. The number of carboxylic acid groups (broad SMARTS) is 2. The van der Waals surface area contributed by atoms with E-state index in [1.54, 1.807) is 24.0 Å². The van der Waals surface area contributed by atoms with E-state index in [0.717, 1.165) is 11.1 Å². The van der Waals surface area contributed by atoms with Gasteiger partial charge in [-0.3, -0.25) is 19.2 Å². The van der Waals surface area contributed by atoms with E-state index in [1.807, 2.05) is 0 Å². The molecule has 2 amide bonds. The van der Waals surface area contributed by atoms with Crippen LogP contribution in [0.15, 0.2) is 12.1 Å². The molecule has 0 saturated carbocycles. The molecule has 0 aromatic heterocycles. The maximum absolute atomic E-state index is 15.9. The molecule has 2 heterocycles. The topological polar surface area (TPSA) is 152 Å². The zero-order valence-electron chi connectivity index (χ0n) is 26.4. The lowest BCUT2D eigenvalue weighted by atomic mass is 10.0. The fourth-order valence-corrected chi connectivity index (χ4v) is 5.92. The molecule has 2 aromatic rings. The molecule has 0 fully saturated rings. The number of aliphatic carboxylic acids is 2. The van der Waals surface area contributed by atoms with Gasteiger partial charge in [-0.1, -0.05) is 25.4 Å². The summed E-state index contributed by atoms with van der Waals surface area (Å²) in [5.74, 6) is -4.45. The van der Waals surface area contributed by atoms with Gasteiger partial charge in [-0.15, -0.1) is 0 Å². The number of carboxylic acids is 2. The maximum Gasteiger partial charge on any atom is 0.306 e. The van der Waals surface area contributed by atoms with Crippen molar-refractivity contribution in [3.8, 4) is 23.0 Å². The molecular weight excluding hydrogens is 627 g/mol. The Balaban J connectivity index is 1.39. The van der Waals surface area contributed by atoms with Crippen LogP contribution < -0.4 is 18.9 Å². The van der Waals surface area contributed by atoms with Crippen molar-refractivity contribution < 1.29 is 52.7 Å². The number of halogens is 2. The Morgan fingerprint density at radius 3 is 2.02 bits per heavy atom. The molecule has 4 rings (SSSR count). The third-order valence-corrected chi connectivity index (χ3v) is 8.73. The maximum atomic E-state index is 15.9. The average molecular weight is 665 g/mol. The van der Waals surface area contributed by atoms with E-state index in [0.29, 0.717) is 36.6 Å². The van der Waals surface area contributed by atoms with Crippen molar-refractivity contribution in [3.63, 3.8) is 0 Å². The lowest BCUT2D eigenvalue weighted by Gasteiger charge is -2.23. The fraction of sp³-hybridized carbons (Fsp3) is 0.500. The molecule has 46 heavy (non-hydrogen) atoms. The van der Waals surface area contributed by atoms with Crippen molar-refractivity contribution in [2.24, 2.45) is 11.8 Å². The summed E-state index contributed by atoms with van der Waals surface area (Å²) in [5.41, 5.74) is 2.32. The van der Waals surface area contributed by atoms with Gasteiger partial charge in [0.05, 0.1) is 50.3 Å². The molecule has 3 unspecified atom stereocenters. The van der Waals surface area contributed by atoms with Gasteiger partial charge in [0.1, 0.15) is 0 Å². The van der Waals surface area contributed by atoms with Crippen LogP contribution in [0.1, 0.15) is 68.3 Å². The summed E-state index contributed by atoms with van der Waals surface area (Å²) in [7, 11) is 2.83. The zero-order valence-corrected chi connectivity index (χ0v) is 27.1. The second-order valence-electron chi connectivity index (χ2n) is 11.5. The Labute approximate surface area is 270 Å². The molecule has 12 nitrogen and oxygen atoms in total. The minimum absolute atomic E-state index is 0.00335. The number of methoxy groups -OCH3 is 2. The molecule has 0 saturated heterocycles. The molecule has 0 bridgehead atoms. The van der Waals surface area contributed by atoms with Crippen LogP contribution in [0.2, 0.25) is 5.02 Å². The van der Waals surface area contributed by atoms with E-state index in [4.69, 9.17) is 35.7 Å². The first-order chi connectivity index (χ1) is 21.8. The van der Waals surface area contributed by atoms with E-state index < -0.39 is 41.5 Å². The fourth-order valence-electron chi connectivity index (χ4n) is 5.59. The monoisotopic (exact) mass is 664 g/mol. The lowest BCUT2D eigenvalue weighted by Crippen LogP contribution is -2.31. The van der Waals surface area contributed by atoms with Crippen molar-refractivity contribution in [3.05, 3.63) is 45.2 Å². The summed E-state index contributed by atoms with van der Waals surface area (Å²) in [6.07, 6.45) is 0.0132. The molecule has 2 N–H and O–H groups in total. The second-order valence-corrected chi connectivity index (χ2v) is 11.9. The van der Waals surface area contributed by atoms with Gasteiger partial charge in [-0.05, 0) is 30.2 Å². The van der Waals surface area contributed by atoms with Crippen molar-refractivity contribution >= 4 is 35.4 Å². The van der Waals surface area contributed by atoms with Crippen LogP contribution in [-0.4, -0.2) is 71.2 Å². The third-order valence-electron chi connectivity index (χ3n) is 8.33. The minimum Gasteiger partial charge on any atom is -0.493 e.